The molecule has 1 heterocycles. The molecule has 25 heteroatoms. The van der Waals surface area contributed by atoms with E-state index in [1.165, 1.54) is 12.3 Å². The number of nitrogens with two attached hydrogens (primary N) is 6. The van der Waals surface area contributed by atoms with Crippen LogP contribution < -0.4 is 65.1 Å². The fourth-order valence-electron chi connectivity index (χ4n) is 5.61. The van der Waals surface area contributed by atoms with E-state index < -0.39 is 75.6 Å². The second-order valence-corrected chi connectivity index (χ2v) is 13.7. The number of anilines is 4. The molecule has 0 bridgehead atoms. The minimum Gasteiger partial charge on any atom is -0.488 e. The fourth-order valence-corrected chi connectivity index (χ4v) is 5.61. The molecule has 19 nitrogen and oxygen atoms in total. The highest BCUT2D eigenvalue weighted by Crippen LogP contribution is 2.43. The first-order valence-electron chi connectivity index (χ1n) is 19.7. The van der Waals surface area contributed by atoms with Crippen LogP contribution in [0.3, 0.4) is 0 Å². The van der Waals surface area contributed by atoms with Crippen LogP contribution in [0.1, 0.15) is 62.5 Å². The quantitative estimate of drug-likeness (QED) is 0.0352. The summed E-state index contributed by atoms with van der Waals surface area (Å²) in [6, 6.07) is 2.38. The van der Waals surface area contributed by atoms with Crippen LogP contribution in [-0.4, -0.2) is 81.2 Å². The van der Waals surface area contributed by atoms with Gasteiger partial charge in [0.15, 0.2) is 23.4 Å². The van der Waals surface area contributed by atoms with Gasteiger partial charge in [-0.2, -0.15) is 26.3 Å². The van der Waals surface area contributed by atoms with Crippen molar-refractivity contribution < 1.29 is 55.0 Å². The molecule has 16 N–H and O–H groups in total. The summed E-state index contributed by atoms with van der Waals surface area (Å²) in [5, 5.41) is 9.41. The molecule has 350 valence electrons. The van der Waals surface area contributed by atoms with E-state index in [2.05, 4.69) is 36.2 Å². The first-order chi connectivity index (χ1) is 30.2. The monoisotopic (exact) mass is 911 g/mol. The standard InChI is InChI=1S/C39H51F6N13O6/c40-38(41,42)23-18-25(55-30(59)8-2-5-13-53-36(48)49)32(63-15-10-46)27(20-23)57-34(61)22-7-1-4-12-52-29(17-22)35(62)58-28-21-24(39(43,44)45)19-26(33(28)64-16-11-47)56-31(60)9-3-6-14-54-37(50)51/h7,12,17-21H,1-6,8-11,13-16,46-47H2,(H,55,59)(H,56,60)(H,57,61)(H,58,62)(H4,48,49,53)(H4,50,51,54). The summed E-state index contributed by atoms with van der Waals surface area (Å²) in [6.07, 6.45) is -5.05. The van der Waals surface area contributed by atoms with Gasteiger partial charge < -0.3 is 65.1 Å². The van der Waals surface area contributed by atoms with Gasteiger partial charge in [0.2, 0.25) is 11.8 Å². The predicted octanol–water partition coefficient (Wildman–Crippen LogP) is 3.42. The Balaban J connectivity index is 2.00. The summed E-state index contributed by atoms with van der Waals surface area (Å²) in [7, 11) is 0. The van der Waals surface area contributed by atoms with Gasteiger partial charge in [-0.1, -0.05) is 6.08 Å². The summed E-state index contributed by atoms with van der Waals surface area (Å²) < 4.78 is 96.4. The van der Waals surface area contributed by atoms with Gasteiger partial charge >= 0.3 is 12.4 Å². The lowest BCUT2D eigenvalue weighted by atomic mass is 10.1. The number of alkyl halides is 6. The van der Waals surface area contributed by atoms with Crippen molar-refractivity contribution in [2.45, 2.75) is 63.7 Å². The average Bonchev–Trinajstić information content (AvgIpc) is 3.18. The fraction of sp³-hybridized carbons (Fsp3) is 0.410. The third kappa shape index (κ3) is 17.1. The van der Waals surface area contributed by atoms with Crippen molar-refractivity contribution in [2.24, 2.45) is 49.4 Å². The average molecular weight is 912 g/mol. The lowest BCUT2D eigenvalue weighted by Gasteiger charge is -2.20. The number of hydrogen-bond acceptors (Lipinski definition) is 11. The summed E-state index contributed by atoms with van der Waals surface area (Å²) >= 11 is 0. The number of carbonyl (C=O) groups is 4. The van der Waals surface area contributed by atoms with Gasteiger partial charge in [-0.25, -0.2) is 0 Å². The van der Waals surface area contributed by atoms with Gasteiger partial charge in [-0.3, -0.25) is 34.2 Å². The van der Waals surface area contributed by atoms with E-state index in [0.717, 1.165) is 6.08 Å². The highest BCUT2D eigenvalue weighted by atomic mass is 19.4. The van der Waals surface area contributed by atoms with Crippen LogP contribution >= 0.6 is 0 Å². The molecule has 2 aromatic carbocycles. The number of hydrogen-bond donors (Lipinski definition) is 10. The third-order valence-corrected chi connectivity index (χ3v) is 8.50. The normalized spacial score (nSPS) is 12.7. The zero-order chi connectivity index (χ0) is 47.5. The number of aliphatic imine (C=N–C) groups is 3. The van der Waals surface area contributed by atoms with E-state index >= 15 is 0 Å². The minimum atomic E-state index is -4.98. The van der Waals surface area contributed by atoms with Crippen molar-refractivity contribution in [1.82, 2.24) is 0 Å². The maximum absolute atomic E-state index is 14.2. The zero-order valence-electron chi connectivity index (χ0n) is 34.5. The van der Waals surface area contributed by atoms with Crippen molar-refractivity contribution in [3.05, 3.63) is 58.8 Å². The van der Waals surface area contributed by atoms with Crippen LogP contribution in [0, 0.1) is 0 Å². The highest BCUT2D eigenvalue weighted by molar-refractivity contribution is 6.11. The number of carbonyl (C=O) groups excluding carboxylic acids is 4. The molecule has 0 fully saturated rings. The molecule has 0 aliphatic carbocycles. The third-order valence-electron chi connectivity index (χ3n) is 8.50. The number of guanidine groups is 2. The number of nitrogens with one attached hydrogen (secondary N) is 4. The topological polar surface area (TPSA) is 328 Å². The number of rotatable bonds is 22. The summed E-state index contributed by atoms with van der Waals surface area (Å²) in [4.78, 5) is 65.0. The van der Waals surface area contributed by atoms with E-state index in [4.69, 9.17) is 43.9 Å². The van der Waals surface area contributed by atoms with E-state index in [1.54, 1.807) is 0 Å². The maximum atomic E-state index is 14.2. The molecular formula is C39H51F6N13O6. The van der Waals surface area contributed by atoms with Crippen LogP contribution in [0.2, 0.25) is 0 Å². The minimum absolute atomic E-state index is 0.114. The smallest absolute Gasteiger partial charge is 0.416 e. The SMILES string of the molecule is NCCOc1c(NC(=O)CCCCN=C(N)N)cc(C(F)(F)F)cc1NC(=O)C1=CCCC=NC(C(=O)Nc2cc(C(F)(F)F)cc(NC(=O)CCCCN=C(N)N)c2OCCN)=C1. The van der Waals surface area contributed by atoms with E-state index in [9.17, 15) is 45.5 Å². The van der Waals surface area contributed by atoms with Crippen LogP contribution in [-0.2, 0) is 31.5 Å². The number of ether oxygens (including phenoxy) is 2. The Morgan fingerprint density at radius 1 is 0.625 bits per heavy atom. The van der Waals surface area contributed by atoms with E-state index in [0.29, 0.717) is 37.1 Å². The van der Waals surface area contributed by atoms with Crippen molar-refractivity contribution in [3.8, 4) is 11.5 Å². The number of halogens is 6. The molecule has 0 aromatic heterocycles. The van der Waals surface area contributed by atoms with Gasteiger partial charge in [0.1, 0.15) is 18.9 Å². The maximum Gasteiger partial charge on any atom is 0.416 e. The molecule has 1 aliphatic heterocycles. The largest absolute Gasteiger partial charge is 0.488 e. The Morgan fingerprint density at radius 2 is 1.05 bits per heavy atom. The first kappa shape index (κ1) is 51.5. The lowest BCUT2D eigenvalue weighted by molar-refractivity contribution is -0.138. The lowest BCUT2D eigenvalue weighted by Crippen LogP contribution is -2.23. The molecule has 0 unspecified atom stereocenters. The van der Waals surface area contributed by atoms with Crippen molar-refractivity contribution in [1.29, 1.82) is 0 Å². The van der Waals surface area contributed by atoms with Gasteiger partial charge in [0, 0.05) is 50.8 Å². The van der Waals surface area contributed by atoms with E-state index in [-0.39, 0.29) is 107 Å². The van der Waals surface area contributed by atoms with Crippen LogP contribution in [0.25, 0.3) is 0 Å². The van der Waals surface area contributed by atoms with Crippen molar-refractivity contribution >= 4 is 64.5 Å². The van der Waals surface area contributed by atoms with Gasteiger partial charge in [0.25, 0.3) is 11.8 Å². The Kier molecular flexibility index (Phi) is 19.8. The Bertz CT molecular complexity index is 2130. The molecule has 4 amide bonds. The van der Waals surface area contributed by atoms with Crippen molar-refractivity contribution in [2.75, 3.05) is 60.7 Å². The highest BCUT2D eigenvalue weighted by Gasteiger charge is 2.35. The van der Waals surface area contributed by atoms with Crippen LogP contribution in [0.4, 0.5) is 49.1 Å². The molecule has 3 rings (SSSR count). The molecule has 2 aromatic rings. The molecule has 0 saturated heterocycles. The molecule has 0 spiro atoms. The molecular weight excluding hydrogens is 861 g/mol. The first-order valence-corrected chi connectivity index (χ1v) is 19.7. The van der Waals surface area contributed by atoms with Crippen LogP contribution in [0.15, 0.2) is 62.7 Å². The number of benzene rings is 2. The Morgan fingerprint density at radius 3 is 1.45 bits per heavy atom. The number of amides is 4. The molecule has 0 radical (unpaired) electrons. The number of unbranched alkanes of at least 4 members (excludes halogenated alkanes) is 2. The molecule has 0 atom stereocenters. The van der Waals surface area contributed by atoms with Crippen molar-refractivity contribution in [3.63, 3.8) is 0 Å². The molecule has 0 saturated carbocycles. The van der Waals surface area contributed by atoms with Crippen LogP contribution in [0.5, 0.6) is 11.5 Å². The summed E-state index contributed by atoms with van der Waals surface area (Å²) in [5.41, 5.74) is 27.0. The molecule has 1 aliphatic rings. The number of nitrogens with zero attached hydrogens (tertiary/aromatic N) is 3. The zero-order valence-corrected chi connectivity index (χ0v) is 34.5. The van der Waals surface area contributed by atoms with E-state index in [1.807, 2.05) is 0 Å². The van der Waals surface area contributed by atoms with Gasteiger partial charge in [0.05, 0.1) is 33.9 Å². The second-order valence-electron chi connectivity index (χ2n) is 13.7. The molecule has 64 heavy (non-hydrogen) atoms. The summed E-state index contributed by atoms with van der Waals surface area (Å²) in [6.45, 7) is -0.333. The Hall–Kier alpha value is -6.89. The van der Waals surface area contributed by atoms with Gasteiger partial charge in [-0.05, 0) is 68.9 Å². The number of allylic oxidation sites excluding steroid dienone is 1. The van der Waals surface area contributed by atoms with Gasteiger partial charge in [-0.15, -0.1) is 0 Å². The second kappa shape index (κ2) is 24.7. The predicted molar refractivity (Wildman–Crippen MR) is 229 cm³/mol. The summed E-state index contributed by atoms with van der Waals surface area (Å²) in [5.74, 6) is -4.66. The Labute approximate surface area is 363 Å².